The van der Waals surface area contributed by atoms with Crippen molar-refractivity contribution < 1.29 is 0 Å². The summed E-state index contributed by atoms with van der Waals surface area (Å²) >= 11 is 0. The monoisotopic (exact) mass is 223 g/mol. The number of nitrogens with zero attached hydrogens (tertiary/aromatic N) is 2. The molecule has 3 fully saturated rings. The molecule has 0 aromatic rings. The maximum atomic E-state index is 6.14. The molecule has 2 bridgehead atoms. The van der Waals surface area contributed by atoms with Gasteiger partial charge in [0.1, 0.15) is 0 Å². The number of likely N-dealkylation sites (tertiary alicyclic amines) is 2. The molecular formula is C13H25N3. The molecule has 4 unspecified atom stereocenters. The van der Waals surface area contributed by atoms with E-state index in [1.165, 1.54) is 38.8 Å². The van der Waals surface area contributed by atoms with Crippen LogP contribution in [0.5, 0.6) is 0 Å². The largest absolute Gasteiger partial charge is 0.329 e. The lowest BCUT2D eigenvalue weighted by molar-refractivity contribution is 0.0679. The van der Waals surface area contributed by atoms with E-state index in [2.05, 4.69) is 23.8 Å². The molecule has 1 aliphatic carbocycles. The predicted molar refractivity (Wildman–Crippen MR) is 66.3 cm³/mol. The summed E-state index contributed by atoms with van der Waals surface area (Å²) in [6.07, 6.45) is 5.60. The summed E-state index contributed by atoms with van der Waals surface area (Å²) in [5, 5.41) is 0. The van der Waals surface area contributed by atoms with Crippen LogP contribution in [0.3, 0.4) is 0 Å². The molecule has 0 amide bonds. The first kappa shape index (κ1) is 11.0. The van der Waals surface area contributed by atoms with Crippen LogP contribution >= 0.6 is 0 Å². The third-order valence-corrected chi connectivity index (χ3v) is 5.37. The van der Waals surface area contributed by atoms with Crippen LogP contribution in [0.2, 0.25) is 0 Å². The molecule has 16 heavy (non-hydrogen) atoms. The van der Waals surface area contributed by atoms with Gasteiger partial charge in [0.15, 0.2) is 0 Å². The van der Waals surface area contributed by atoms with Crippen LogP contribution in [0, 0.1) is 5.92 Å². The molecule has 2 heterocycles. The second-order valence-electron chi connectivity index (χ2n) is 6.38. The van der Waals surface area contributed by atoms with Crippen molar-refractivity contribution in [2.75, 3.05) is 26.7 Å². The van der Waals surface area contributed by atoms with Crippen molar-refractivity contribution in [3.05, 3.63) is 0 Å². The van der Waals surface area contributed by atoms with E-state index in [-0.39, 0.29) is 0 Å². The standard InChI is InChI=1S/C13H25N3/c1-10-6-13(8-14,9-15(10)2)16-7-11-3-4-12(16)5-11/h10-12H,3-9,14H2,1-2H3. The van der Waals surface area contributed by atoms with Gasteiger partial charge in [0.2, 0.25) is 0 Å². The van der Waals surface area contributed by atoms with Gasteiger partial charge in [-0.1, -0.05) is 0 Å². The van der Waals surface area contributed by atoms with Gasteiger partial charge in [-0.2, -0.15) is 0 Å². The van der Waals surface area contributed by atoms with Gasteiger partial charge in [0.25, 0.3) is 0 Å². The minimum absolute atomic E-state index is 0.300. The Hall–Kier alpha value is -0.120. The van der Waals surface area contributed by atoms with Crippen molar-refractivity contribution in [3.8, 4) is 0 Å². The topological polar surface area (TPSA) is 32.5 Å². The minimum Gasteiger partial charge on any atom is -0.329 e. The van der Waals surface area contributed by atoms with Crippen LogP contribution in [-0.2, 0) is 0 Å². The summed E-state index contributed by atoms with van der Waals surface area (Å²) in [6.45, 7) is 5.67. The lowest BCUT2D eigenvalue weighted by Crippen LogP contribution is -2.58. The van der Waals surface area contributed by atoms with E-state index < -0.39 is 0 Å². The zero-order chi connectivity index (χ0) is 11.3. The quantitative estimate of drug-likeness (QED) is 0.755. The molecule has 0 radical (unpaired) electrons. The van der Waals surface area contributed by atoms with Crippen molar-refractivity contribution in [3.63, 3.8) is 0 Å². The van der Waals surface area contributed by atoms with Gasteiger partial charge in [0, 0.05) is 37.3 Å². The molecular weight excluding hydrogens is 198 g/mol. The lowest BCUT2D eigenvalue weighted by atomic mass is 9.91. The predicted octanol–water partition coefficient (Wildman–Crippen LogP) is 0.892. The Bertz CT molecular complexity index is 268. The van der Waals surface area contributed by atoms with Crippen LogP contribution in [0.15, 0.2) is 0 Å². The highest BCUT2D eigenvalue weighted by Crippen LogP contribution is 2.44. The molecule has 3 heteroatoms. The van der Waals surface area contributed by atoms with E-state index in [0.717, 1.165) is 18.5 Å². The summed E-state index contributed by atoms with van der Waals surface area (Å²) in [6, 6.07) is 1.55. The van der Waals surface area contributed by atoms with Gasteiger partial charge in [-0.15, -0.1) is 0 Å². The number of nitrogens with two attached hydrogens (primary N) is 1. The first-order valence-electron chi connectivity index (χ1n) is 6.82. The molecule has 2 saturated heterocycles. The first-order chi connectivity index (χ1) is 7.64. The van der Waals surface area contributed by atoms with Crippen LogP contribution < -0.4 is 5.73 Å². The van der Waals surface area contributed by atoms with Gasteiger partial charge in [-0.25, -0.2) is 0 Å². The molecule has 2 aliphatic heterocycles. The zero-order valence-corrected chi connectivity index (χ0v) is 10.7. The Morgan fingerprint density at radius 3 is 2.62 bits per heavy atom. The number of likely N-dealkylation sites (N-methyl/N-ethyl adjacent to an activating group) is 1. The molecule has 0 aromatic carbocycles. The Kier molecular flexibility index (Phi) is 2.54. The van der Waals surface area contributed by atoms with Crippen molar-refractivity contribution in [1.29, 1.82) is 0 Å². The van der Waals surface area contributed by atoms with E-state index in [1.54, 1.807) is 0 Å². The third kappa shape index (κ3) is 1.45. The highest BCUT2D eigenvalue weighted by molar-refractivity contribution is 5.08. The van der Waals surface area contributed by atoms with Crippen molar-refractivity contribution in [2.45, 2.75) is 50.2 Å². The number of rotatable bonds is 2. The number of hydrogen-bond acceptors (Lipinski definition) is 3. The van der Waals surface area contributed by atoms with Crippen molar-refractivity contribution in [2.24, 2.45) is 11.7 Å². The molecule has 4 atom stereocenters. The van der Waals surface area contributed by atoms with Crippen LogP contribution in [0.1, 0.15) is 32.6 Å². The maximum absolute atomic E-state index is 6.14. The van der Waals surface area contributed by atoms with Gasteiger partial charge in [-0.3, -0.25) is 4.90 Å². The van der Waals surface area contributed by atoms with E-state index in [4.69, 9.17) is 5.73 Å². The van der Waals surface area contributed by atoms with Gasteiger partial charge in [-0.05, 0) is 45.6 Å². The van der Waals surface area contributed by atoms with Crippen LogP contribution in [0.25, 0.3) is 0 Å². The molecule has 92 valence electrons. The Morgan fingerprint density at radius 2 is 2.19 bits per heavy atom. The summed E-state index contributed by atoms with van der Waals surface area (Å²) in [5.41, 5.74) is 6.44. The summed E-state index contributed by atoms with van der Waals surface area (Å²) in [7, 11) is 2.25. The summed E-state index contributed by atoms with van der Waals surface area (Å²) in [5.74, 6) is 0.981. The van der Waals surface area contributed by atoms with E-state index in [9.17, 15) is 0 Å². The normalized spacial score (nSPS) is 49.3. The fourth-order valence-electron chi connectivity index (χ4n) is 4.37. The fraction of sp³-hybridized carbons (Fsp3) is 1.00. The highest BCUT2D eigenvalue weighted by Gasteiger charge is 2.51. The third-order valence-electron chi connectivity index (χ3n) is 5.37. The van der Waals surface area contributed by atoms with Crippen LogP contribution in [0.4, 0.5) is 0 Å². The Labute approximate surface area is 99.0 Å². The fourth-order valence-corrected chi connectivity index (χ4v) is 4.37. The molecule has 1 saturated carbocycles. The molecule has 0 aromatic heterocycles. The average Bonchev–Trinajstić information content (AvgIpc) is 2.94. The maximum Gasteiger partial charge on any atom is 0.0476 e. The average molecular weight is 223 g/mol. The number of hydrogen-bond donors (Lipinski definition) is 1. The molecule has 3 rings (SSSR count). The van der Waals surface area contributed by atoms with Crippen LogP contribution in [-0.4, -0.2) is 54.1 Å². The summed E-state index contributed by atoms with van der Waals surface area (Å²) in [4.78, 5) is 5.26. The smallest absolute Gasteiger partial charge is 0.0476 e. The van der Waals surface area contributed by atoms with E-state index in [0.29, 0.717) is 11.6 Å². The zero-order valence-electron chi connectivity index (χ0n) is 10.7. The van der Waals surface area contributed by atoms with Crippen molar-refractivity contribution >= 4 is 0 Å². The highest BCUT2D eigenvalue weighted by atomic mass is 15.3. The van der Waals surface area contributed by atoms with Crippen molar-refractivity contribution in [1.82, 2.24) is 9.80 Å². The second kappa shape index (κ2) is 3.69. The van der Waals surface area contributed by atoms with E-state index >= 15 is 0 Å². The van der Waals surface area contributed by atoms with E-state index in [1.807, 2.05) is 0 Å². The summed E-state index contributed by atoms with van der Waals surface area (Å²) < 4.78 is 0. The van der Waals surface area contributed by atoms with Gasteiger partial charge >= 0.3 is 0 Å². The molecule has 3 nitrogen and oxygen atoms in total. The van der Waals surface area contributed by atoms with Gasteiger partial charge < -0.3 is 10.6 Å². The Balaban J connectivity index is 1.81. The minimum atomic E-state index is 0.300. The SMILES string of the molecule is CC1CC(CN)(N2CC3CCC2C3)CN1C. The first-order valence-corrected chi connectivity index (χ1v) is 6.82. The van der Waals surface area contributed by atoms with Gasteiger partial charge in [0.05, 0.1) is 0 Å². The number of fused-ring (bicyclic) bond motifs is 2. The second-order valence-corrected chi connectivity index (χ2v) is 6.38. The Morgan fingerprint density at radius 1 is 1.38 bits per heavy atom. The number of piperidine rings is 1. The molecule has 0 spiro atoms. The molecule has 2 N–H and O–H groups in total. The molecule has 3 aliphatic rings. The lowest BCUT2D eigenvalue weighted by Gasteiger charge is -2.43.